The van der Waals surface area contributed by atoms with Crippen LogP contribution in [0.3, 0.4) is 0 Å². The van der Waals surface area contributed by atoms with Gasteiger partial charge < -0.3 is 14.3 Å². The highest BCUT2D eigenvalue weighted by molar-refractivity contribution is 7.89. The smallest absolute Gasteiger partial charge is 0.243 e. The van der Waals surface area contributed by atoms with Crippen molar-refractivity contribution >= 4 is 15.9 Å². The van der Waals surface area contributed by atoms with Crippen molar-refractivity contribution in [3.05, 3.63) is 53.3 Å². The van der Waals surface area contributed by atoms with Gasteiger partial charge >= 0.3 is 0 Å². The molecule has 3 aromatic rings. The minimum atomic E-state index is -3.72. The van der Waals surface area contributed by atoms with Crippen LogP contribution in [-0.2, 0) is 21.4 Å². The number of carbonyl (C=O) groups is 1. The molecule has 32 heavy (non-hydrogen) atoms. The van der Waals surface area contributed by atoms with Gasteiger partial charge in [-0.3, -0.25) is 4.79 Å². The van der Waals surface area contributed by atoms with E-state index in [4.69, 9.17) is 8.94 Å². The third-order valence-electron chi connectivity index (χ3n) is 5.65. The summed E-state index contributed by atoms with van der Waals surface area (Å²) in [4.78, 5) is 16.9. The van der Waals surface area contributed by atoms with Crippen molar-refractivity contribution in [1.82, 2.24) is 19.8 Å². The van der Waals surface area contributed by atoms with Gasteiger partial charge in [-0.2, -0.15) is 9.29 Å². The van der Waals surface area contributed by atoms with Crippen molar-refractivity contribution in [1.29, 1.82) is 0 Å². The van der Waals surface area contributed by atoms with Gasteiger partial charge in [-0.25, -0.2) is 8.42 Å². The number of nitrogens with one attached hydrogen (secondary N) is 1. The third-order valence-corrected chi connectivity index (χ3v) is 7.69. The average Bonchev–Trinajstić information content (AvgIpc) is 3.40. The number of sulfonamides is 1. The summed E-state index contributed by atoms with van der Waals surface area (Å²) in [6.07, 6.45) is 0.927. The van der Waals surface area contributed by atoms with E-state index in [-0.39, 0.29) is 29.8 Å². The SMILES string of the molecule is Cc1ccc(CNC(=O)C2CCN(S(=O)(=O)c3cc(-c4noc(C)n4)ccc3C)CC2)o1. The number of benzene rings is 1. The van der Waals surface area contributed by atoms with Crippen LogP contribution in [0, 0.1) is 26.7 Å². The molecule has 170 valence electrons. The van der Waals surface area contributed by atoms with Crippen LogP contribution < -0.4 is 5.32 Å². The Morgan fingerprint density at radius 3 is 2.53 bits per heavy atom. The first-order chi connectivity index (χ1) is 15.2. The molecule has 0 unspecified atom stereocenters. The Morgan fingerprint density at radius 2 is 1.91 bits per heavy atom. The van der Waals surface area contributed by atoms with Crippen LogP contribution in [-0.4, -0.2) is 41.9 Å². The van der Waals surface area contributed by atoms with Crippen molar-refractivity contribution in [2.75, 3.05) is 13.1 Å². The van der Waals surface area contributed by atoms with Gasteiger partial charge in [-0.05, 0) is 50.5 Å². The van der Waals surface area contributed by atoms with Crippen molar-refractivity contribution in [3.63, 3.8) is 0 Å². The maximum absolute atomic E-state index is 13.3. The molecule has 1 N–H and O–H groups in total. The molecule has 0 atom stereocenters. The number of hydrogen-bond acceptors (Lipinski definition) is 7. The fraction of sp³-hybridized carbons (Fsp3) is 0.409. The van der Waals surface area contributed by atoms with Gasteiger partial charge in [0.2, 0.25) is 27.6 Å². The molecule has 0 radical (unpaired) electrons. The number of hydrogen-bond donors (Lipinski definition) is 1. The van der Waals surface area contributed by atoms with Gasteiger partial charge in [0.1, 0.15) is 11.5 Å². The Bertz CT molecular complexity index is 1220. The lowest BCUT2D eigenvalue weighted by atomic mass is 9.97. The number of nitrogens with zero attached hydrogens (tertiary/aromatic N) is 3. The van der Waals surface area contributed by atoms with E-state index in [1.807, 2.05) is 19.1 Å². The third kappa shape index (κ3) is 4.61. The van der Waals surface area contributed by atoms with Crippen LogP contribution in [0.1, 0.15) is 35.8 Å². The molecule has 1 aliphatic heterocycles. The van der Waals surface area contributed by atoms with Crippen LogP contribution >= 0.6 is 0 Å². The fourth-order valence-corrected chi connectivity index (χ4v) is 5.55. The zero-order chi connectivity index (χ0) is 22.9. The van der Waals surface area contributed by atoms with E-state index in [1.165, 1.54) is 4.31 Å². The maximum Gasteiger partial charge on any atom is 0.243 e. The number of aromatic nitrogens is 2. The van der Waals surface area contributed by atoms with Gasteiger partial charge in [-0.1, -0.05) is 17.3 Å². The molecular weight excluding hydrogens is 432 g/mol. The molecule has 1 saturated heterocycles. The maximum atomic E-state index is 13.3. The van der Waals surface area contributed by atoms with Gasteiger partial charge in [0, 0.05) is 31.5 Å². The summed E-state index contributed by atoms with van der Waals surface area (Å²) in [5.74, 6) is 1.94. The summed E-state index contributed by atoms with van der Waals surface area (Å²) in [5, 5.41) is 6.76. The van der Waals surface area contributed by atoms with Crippen LogP contribution in [0.5, 0.6) is 0 Å². The highest BCUT2D eigenvalue weighted by atomic mass is 32.2. The van der Waals surface area contributed by atoms with Crippen LogP contribution in [0.2, 0.25) is 0 Å². The lowest BCUT2D eigenvalue weighted by molar-refractivity contribution is -0.126. The lowest BCUT2D eigenvalue weighted by Crippen LogP contribution is -2.43. The molecule has 9 nitrogen and oxygen atoms in total. The molecule has 0 saturated carbocycles. The Balaban J connectivity index is 1.42. The van der Waals surface area contributed by atoms with Crippen molar-refractivity contribution in [2.45, 2.75) is 45.1 Å². The first-order valence-corrected chi connectivity index (χ1v) is 11.9. The molecule has 4 rings (SSSR count). The Labute approximate surface area is 186 Å². The number of piperidine rings is 1. The van der Waals surface area contributed by atoms with E-state index in [9.17, 15) is 13.2 Å². The molecule has 1 aromatic carbocycles. The summed E-state index contributed by atoms with van der Waals surface area (Å²) in [5.41, 5.74) is 1.22. The zero-order valence-electron chi connectivity index (χ0n) is 18.3. The highest BCUT2D eigenvalue weighted by Gasteiger charge is 2.33. The van der Waals surface area contributed by atoms with Crippen LogP contribution in [0.15, 0.2) is 44.2 Å². The largest absolute Gasteiger partial charge is 0.465 e. The van der Waals surface area contributed by atoms with Gasteiger partial charge in [0.15, 0.2) is 0 Å². The predicted molar refractivity (Wildman–Crippen MR) is 116 cm³/mol. The number of amides is 1. The standard InChI is InChI=1S/C22H26N4O5S/c1-14-4-6-18(21-24-16(3)31-25-21)12-20(14)32(28,29)26-10-8-17(9-11-26)22(27)23-13-19-7-5-15(2)30-19/h4-7,12,17H,8-11,13H2,1-3H3,(H,23,27). The van der Waals surface area contributed by atoms with E-state index in [0.29, 0.717) is 48.0 Å². The first-order valence-electron chi connectivity index (χ1n) is 10.5. The molecule has 0 aliphatic carbocycles. The minimum Gasteiger partial charge on any atom is -0.465 e. The predicted octanol–water partition coefficient (Wildman–Crippen LogP) is 2.97. The topological polar surface area (TPSA) is 119 Å². The molecule has 1 aliphatic rings. The minimum absolute atomic E-state index is 0.0817. The van der Waals surface area contributed by atoms with E-state index in [2.05, 4.69) is 15.5 Å². The first kappa shape index (κ1) is 22.2. The summed E-state index contributed by atoms with van der Waals surface area (Å²) in [6, 6.07) is 8.78. The Hall–Kier alpha value is -2.98. The number of furan rings is 1. The molecule has 0 spiro atoms. The normalized spacial score (nSPS) is 15.7. The monoisotopic (exact) mass is 458 g/mol. The van der Waals surface area contributed by atoms with Crippen molar-refractivity contribution in [3.8, 4) is 11.4 Å². The lowest BCUT2D eigenvalue weighted by Gasteiger charge is -2.31. The number of aryl methyl sites for hydroxylation is 3. The van der Waals surface area contributed by atoms with E-state index in [0.717, 1.165) is 5.76 Å². The van der Waals surface area contributed by atoms with Crippen LogP contribution in [0.4, 0.5) is 0 Å². The quantitative estimate of drug-likeness (QED) is 0.603. The van der Waals surface area contributed by atoms with Crippen LogP contribution in [0.25, 0.3) is 11.4 Å². The second-order valence-corrected chi connectivity index (χ2v) is 9.93. The molecule has 10 heteroatoms. The Morgan fingerprint density at radius 1 is 1.16 bits per heavy atom. The van der Waals surface area contributed by atoms with Gasteiger partial charge in [0.05, 0.1) is 11.4 Å². The van der Waals surface area contributed by atoms with E-state index < -0.39 is 10.0 Å². The molecule has 2 aromatic heterocycles. The number of carbonyl (C=O) groups excluding carboxylic acids is 1. The van der Waals surface area contributed by atoms with Crippen molar-refractivity contribution in [2.24, 2.45) is 5.92 Å². The summed E-state index contributed by atoms with van der Waals surface area (Å²) >= 11 is 0. The number of rotatable bonds is 6. The average molecular weight is 459 g/mol. The molecule has 1 amide bonds. The Kier molecular flexibility index (Phi) is 6.16. The van der Waals surface area contributed by atoms with Crippen molar-refractivity contribution < 1.29 is 22.2 Å². The second-order valence-electron chi connectivity index (χ2n) is 8.03. The fourth-order valence-electron chi connectivity index (χ4n) is 3.83. The molecule has 0 bridgehead atoms. The summed E-state index contributed by atoms with van der Waals surface area (Å²) in [7, 11) is -3.72. The highest BCUT2D eigenvalue weighted by Crippen LogP contribution is 2.29. The van der Waals surface area contributed by atoms with Gasteiger partial charge in [0.25, 0.3) is 0 Å². The molecule has 3 heterocycles. The zero-order valence-corrected chi connectivity index (χ0v) is 19.1. The van der Waals surface area contributed by atoms with Gasteiger partial charge in [-0.15, -0.1) is 0 Å². The van der Waals surface area contributed by atoms with E-state index in [1.54, 1.807) is 32.0 Å². The molecule has 1 fully saturated rings. The second kappa shape index (κ2) is 8.87. The summed E-state index contributed by atoms with van der Waals surface area (Å²) in [6.45, 7) is 6.18. The molecular formula is C22H26N4O5S. The summed E-state index contributed by atoms with van der Waals surface area (Å²) < 4.78 is 38.6. The van der Waals surface area contributed by atoms with E-state index >= 15 is 0 Å².